The summed E-state index contributed by atoms with van der Waals surface area (Å²) in [6.07, 6.45) is -4.15. The summed E-state index contributed by atoms with van der Waals surface area (Å²) in [6.45, 7) is 2.03. The Morgan fingerprint density at radius 2 is 1.69 bits per heavy atom. The van der Waals surface area contributed by atoms with Gasteiger partial charge in [-0.2, -0.15) is 13.2 Å². The molecule has 0 aliphatic rings. The van der Waals surface area contributed by atoms with Crippen LogP contribution in [0.5, 0.6) is 11.5 Å². The number of ether oxygens (including phenoxy) is 2. The van der Waals surface area contributed by atoms with Gasteiger partial charge in [-0.1, -0.05) is 42.1 Å². The van der Waals surface area contributed by atoms with Crippen LogP contribution in [0.3, 0.4) is 0 Å². The second kappa shape index (κ2) is 11.8. The molecule has 11 heteroatoms. The van der Waals surface area contributed by atoms with Crippen molar-refractivity contribution in [1.82, 2.24) is 9.55 Å². The van der Waals surface area contributed by atoms with Gasteiger partial charge in [-0.15, -0.1) is 0 Å². The van der Waals surface area contributed by atoms with Crippen molar-refractivity contribution in [3.05, 3.63) is 87.7 Å². The molecule has 3 aromatic carbocycles. The second-order valence-electron chi connectivity index (χ2n) is 8.67. The molecule has 0 saturated carbocycles. The molecule has 1 aromatic heterocycles. The lowest BCUT2D eigenvalue weighted by Gasteiger charge is -2.15. The number of amides is 1. The largest absolute Gasteiger partial charge is 0.493 e. The molecule has 0 fully saturated rings. The highest BCUT2D eigenvalue weighted by Gasteiger charge is 2.30. The summed E-state index contributed by atoms with van der Waals surface area (Å²) < 4.78 is 50.9. The van der Waals surface area contributed by atoms with Gasteiger partial charge >= 0.3 is 6.18 Å². The lowest BCUT2D eigenvalue weighted by molar-refractivity contribution is -0.137. The molecule has 0 radical (unpaired) electrons. The Balaban J connectivity index is 1.65. The van der Waals surface area contributed by atoms with E-state index < -0.39 is 11.7 Å². The third-order valence-electron chi connectivity index (χ3n) is 6.08. The molecule has 0 spiro atoms. The number of alkyl halides is 3. The highest BCUT2D eigenvalue weighted by atomic mass is 32.2. The van der Waals surface area contributed by atoms with Gasteiger partial charge in [-0.3, -0.25) is 14.2 Å². The standard InChI is InChI=1S/C28H26F3N3O4S/c1-17-6-4-5-7-21(17)32-25(35)16-39-27-33-22-15-24(38-3)23(37-2)14-20(22)26(36)34(27)13-12-18-8-10-19(11-9-18)28(29,30)31/h4-11,14-15H,12-13,16H2,1-3H3,(H,32,35). The number of carbonyl (C=O) groups is 1. The first-order chi connectivity index (χ1) is 18.6. The van der Waals surface area contributed by atoms with Crippen LogP contribution in [0.25, 0.3) is 10.9 Å². The van der Waals surface area contributed by atoms with Crippen molar-refractivity contribution in [1.29, 1.82) is 0 Å². The van der Waals surface area contributed by atoms with E-state index in [0.29, 0.717) is 33.4 Å². The van der Waals surface area contributed by atoms with Crippen molar-refractivity contribution in [3.63, 3.8) is 0 Å². The van der Waals surface area contributed by atoms with Gasteiger partial charge in [-0.05, 0) is 48.7 Å². The van der Waals surface area contributed by atoms with Crippen LogP contribution in [-0.2, 0) is 23.9 Å². The van der Waals surface area contributed by atoms with Crippen LogP contribution in [0, 0.1) is 6.92 Å². The minimum absolute atomic E-state index is 0.0140. The number of aromatic nitrogens is 2. The molecule has 1 amide bonds. The first kappa shape index (κ1) is 28.0. The monoisotopic (exact) mass is 557 g/mol. The minimum atomic E-state index is -4.43. The third-order valence-corrected chi connectivity index (χ3v) is 7.06. The minimum Gasteiger partial charge on any atom is -0.493 e. The number of methoxy groups -OCH3 is 2. The molecule has 39 heavy (non-hydrogen) atoms. The van der Waals surface area contributed by atoms with Gasteiger partial charge in [0.2, 0.25) is 5.91 Å². The zero-order chi connectivity index (χ0) is 28.2. The van der Waals surface area contributed by atoms with Crippen LogP contribution in [-0.4, -0.2) is 35.4 Å². The number of thioether (sulfide) groups is 1. The number of anilines is 1. The molecule has 7 nitrogen and oxygen atoms in total. The number of hydrogen-bond acceptors (Lipinski definition) is 6. The number of halogens is 3. The number of benzene rings is 3. The molecule has 0 saturated heterocycles. The number of aryl methyl sites for hydroxylation is 2. The van der Waals surface area contributed by atoms with E-state index in [2.05, 4.69) is 10.3 Å². The summed E-state index contributed by atoms with van der Waals surface area (Å²) in [5, 5.41) is 3.44. The molecule has 4 rings (SSSR count). The fourth-order valence-corrected chi connectivity index (χ4v) is 4.79. The highest BCUT2D eigenvalue weighted by molar-refractivity contribution is 7.99. The Morgan fingerprint density at radius 3 is 2.33 bits per heavy atom. The molecule has 1 heterocycles. The lowest BCUT2D eigenvalue weighted by atomic mass is 10.1. The van der Waals surface area contributed by atoms with Crippen molar-refractivity contribution >= 4 is 34.3 Å². The molecule has 0 unspecified atom stereocenters. The number of nitrogens with zero attached hydrogens (tertiary/aromatic N) is 2. The van der Waals surface area contributed by atoms with Gasteiger partial charge in [-0.25, -0.2) is 4.98 Å². The van der Waals surface area contributed by atoms with Gasteiger partial charge < -0.3 is 14.8 Å². The SMILES string of the molecule is COc1cc2nc(SCC(=O)Nc3ccccc3C)n(CCc3ccc(C(F)(F)F)cc3)c(=O)c2cc1OC. The van der Waals surface area contributed by atoms with Gasteiger partial charge in [0.15, 0.2) is 16.7 Å². The van der Waals surface area contributed by atoms with E-state index in [1.54, 1.807) is 12.1 Å². The predicted molar refractivity (Wildman–Crippen MR) is 145 cm³/mol. The van der Waals surface area contributed by atoms with Crippen molar-refractivity contribution in [2.45, 2.75) is 31.2 Å². The quantitative estimate of drug-likeness (QED) is 0.210. The fraction of sp³-hybridized carbons (Fsp3) is 0.250. The van der Waals surface area contributed by atoms with E-state index in [1.165, 1.54) is 37.0 Å². The summed E-state index contributed by atoms with van der Waals surface area (Å²) in [6, 6.07) is 15.3. The first-order valence-electron chi connectivity index (χ1n) is 11.9. The Kier molecular flexibility index (Phi) is 8.49. The normalized spacial score (nSPS) is 11.4. The van der Waals surface area contributed by atoms with E-state index in [0.717, 1.165) is 29.5 Å². The molecular weight excluding hydrogens is 531 g/mol. The summed E-state index contributed by atoms with van der Waals surface area (Å²) >= 11 is 1.09. The van der Waals surface area contributed by atoms with Gasteiger partial charge in [0, 0.05) is 18.3 Å². The van der Waals surface area contributed by atoms with Crippen LogP contribution in [0.2, 0.25) is 0 Å². The molecule has 0 aliphatic carbocycles. The van der Waals surface area contributed by atoms with Crippen molar-refractivity contribution in [3.8, 4) is 11.5 Å². The maximum atomic E-state index is 13.6. The average molecular weight is 558 g/mol. The molecule has 0 bridgehead atoms. The highest BCUT2D eigenvalue weighted by Crippen LogP contribution is 2.32. The molecule has 4 aromatic rings. The Morgan fingerprint density at radius 1 is 1.03 bits per heavy atom. The molecule has 0 aliphatic heterocycles. The maximum Gasteiger partial charge on any atom is 0.416 e. The number of fused-ring (bicyclic) bond motifs is 1. The molecule has 0 atom stereocenters. The summed E-state index contributed by atoms with van der Waals surface area (Å²) in [7, 11) is 2.93. The Hall–Kier alpha value is -3.99. The first-order valence-corrected chi connectivity index (χ1v) is 12.9. The van der Waals surface area contributed by atoms with Crippen LogP contribution in [0.1, 0.15) is 16.7 Å². The van der Waals surface area contributed by atoms with Crippen molar-refractivity contribution in [2.75, 3.05) is 25.3 Å². The number of hydrogen-bond donors (Lipinski definition) is 1. The number of carbonyl (C=O) groups excluding carboxylic acids is 1. The predicted octanol–water partition coefficient (Wildman–Crippen LogP) is 5.71. The number of nitrogens with one attached hydrogen (secondary N) is 1. The average Bonchev–Trinajstić information content (AvgIpc) is 2.91. The van der Waals surface area contributed by atoms with E-state index in [-0.39, 0.29) is 35.6 Å². The van der Waals surface area contributed by atoms with Crippen LogP contribution >= 0.6 is 11.8 Å². The van der Waals surface area contributed by atoms with Crippen LogP contribution < -0.4 is 20.3 Å². The Bertz CT molecular complexity index is 1550. The van der Waals surface area contributed by atoms with Crippen molar-refractivity contribution in [2.24, 2.45) is 0 Å². The van der Waals surface area contributed by atoms with E-state index in [4.69, 9.17) is 9.47 Å². The summed E-state index contributed by atoms with van der Waals surface area (Å²) in [4.78, 5) is 30.9. The van der Waals surface area contributed by atoms with Crippen molar-refractivity contribution < 1.29 is 27.4 Å². The zero-order valence-electron chi connectivity index (χ0n) is 21.5. The summed E-state index contributed by atoms with van der Waals surface area (Å²) in [5.41, 5.74) is 1.48. The van der Waals surface area contributed by atoms with Crippen LogP contribution in [0.15, 0.2) is 70.6 Å². The van der Waals surface area contributed by atoms with Crippen LogP contribution in [0.4, 0.5) is 18.9 Å². The molecule has 1 N–H and O–H groups in total. The van der Waals surface area contributed by atoms with Gasteiger partial charge in [0.05, 0.1) is 36.4 Å². The zero-order valence-corrected chi connectivity index (χ0v) is 22.3. The van der Waals surface area contributed by atoms with Gasteiger partial charge in [0.25, 0.3) is 5.56 Å². The Labute approximate surface area is 227 Å². The summed E-state index contributed by atoms with van der Waals surface area (Å²) in [5.74, 6) is 0.467. The topological polar surface area (TPSA) is 82.5 Å². The van der Waals surface area contributed by atoms with E-state index in [1.807, 2.05) is 25.1 Å². The fourth-order valence-electron chi connectivity index (χ4n) is 3.97. The smallest absolute Gasteiger partial charge is 0.416 e. The second-order valence-corrected chi connectivity index (χ2v) is 9.61. The third kappa shape index (κ3) is 6.54. The maximum absolute atomic E-state index is 13.6. The number of para-hydroxylation sites is 1. The van der Waals surface area contributed by atoms with Gasteiger partial charge in [0.1, 0.15) is 0 Å². The molecular formula is C28H26F3N3O4S. The van der Waals surface area contributed by atoms with E-state index >= 15 is 0 Å². The van der Waals surface area contributed by atoms with E-state index in [9.17, 15) is 22.8 Å². The lowest BCUT2D eigenvalue weighted by Crippen LogP contribution is -2.25. The number of rotatable bonds is 9. The molecule has 204 valence electrons.